The summed E-state index contributed by atoms with van der Waals surface area (Å²) in [5, 5.41) is 16.8. The van der Waals surface area contributed by atoms with Crippen LogP contribution in [0.1, 0.15) is 36.7 Å². The van der Waals surface area contributed by atoms with Gasteiger partial charge in [-0.05, 0) is 35.2 Å². The molecule has 0 fully saturated rings. The molecule has 0 radical (unpaired) electrons. The molecule has 8 nitrogen and oxygen atoms in total. The molecule has 9 heteroatoms. The van der Waals surface area contributed by atoms with Crippen molar-refractivity contribution in [2.45, 2.75) is 31.1 Å². The minimum absolute atomic E-state index is 0.000298. The van der Waals surface area contributed by atoms with E-state index in [4.69, 9.17) is 0 Å². The summed E-state index contributed by atoms with van der Waals surface area (Å²) in [5.41, 5.74) is 1.51. The molecule has 0 aliphatic heterocycles. The van der Waals surface area contributed by atoms with Gasteiger partial charge >= 0.3 is 0 Å². The van der Waals surface area contributed by atoms with Gasteiger partial charge in [0.05, 0.1) is 9.82 Å². The van der Waals surface area contributed by atoms with E-state index in [1.165, 1.54) is 12.1 Å². The van der Waals surface area contributed by atoms with E-state index < -0.39 is 14.8 Å². The lowest BCUT2D eigenvalue weighted by molar-refractivity contribution is -0.384. The molecule has 29 heavy (non-hydrogen) atoms. The largest absolute Gasteiger partial charge is 0.378 e. The minimum Gasteiger partial charge on any atom is -0.378 e. The Morgan fingerprint density at radius 2 is 1.69 bits per heavy atom. The lowest BCUT2D eigenvalue weighted by Crippen LogP contribution is -2.29. The van der Waals surface area contributed by atoms with Crippen molar-refractivity contribution in [3.8, 4) is 0 Å². The summed E-state index contributed by atoms with van der Waals surface area (Å²) >= 11 is 0. The number of benzene rings is 2. The number of nitrogens with one attached hydrogen (secondary N) is 2. The van der Waals surface area contributed by atoms with Crippen LogP contribution < -0.4 is 10.6 Å². The Labute approximate surface area is 170 Å². The molecule has 0 aliphatic carbocycles. The molecule has 1 amide bonds. The Morgan fingerprint density at radius 1 is 1.07 bits per heavy atom. The fraction of sp³-hybridized carbons (Fsp3) is 0.350. The van der Waals surface area contributed by atoms with Crippen LogP contribution in [0, 0.1) is 10.1 Å². The maximum absolute atomic E-state index is 12.2. The summed E-state index contributed by atoms with van der Waals surface area (Å²) in [5.74, 6) is -0.241. The second-order valence-electron chi connectivity index (χ2n) is 7.72. The zero-order valence-electron chi connectivity index (χ0n) is 16.9. The number of amides is 1. The zero-order valence-corrected chi connectivity index (χ0v) is 17.7. The maximum atomic E-state index is 12.2. The van der Waals surface area contributed by atoms with E-state index in [0.717, 1.165) is 17.9 Å². The van der Waals surface area contributed by atoms with Gasteiger partial charge in [-0.1, -0.05) is 32.9 Å². The molecule has 2 aromatic rings. The second-order valence-corrected chi connectivity index (χ2v) is 9.73. The first-order valence-electron chi connectivity index (χ1n) is 9.01. The van der Waals surface area contributed by atoms with E-state index >= 15 is 0 Å². The van der Waals surface area contributed by atoms with Crippen molar-refractivity contribution in [2.75, 3.05) is 24.7 Å². The number of hydrogen-bond acceptors (Lipinski definition) is 6. The molecular weight excluding hydrogens is 394 g/mol. The number of rotatable bonds is 7. The zero-order chi connectivity index (χ0) is 21.8. The number of nitro benzene ring substituents is 1. The van der Waals surface area contributed by atoms with Crippen molar-refractivity contribution >= 4 is 27.1 Å². The molecule has 0 heterocycles. The van der Waals surface area contributed by atoms with Crippen molar-refractivity contribution in [1.82, 2.24) is 5.32 Å². The van der Waals surface area contributed by atoms with Crippen molar-refractivity contribution in [2.24, 2.45) is 0 Å². The normalized spacial score (nSPS) is 11.7. The summed E-state index contributed by atoms with van der Waals surface area (Å²) in [6.07, 6.45) is 0.989. The first-order valence-corrected chi connectivity index (χ1v) is 10.9. The molecule has 0 saturated carbocycles. The summed E-state index contributed by atoms with van der Waals surface area (Å²) in [6.45, 7) is 6.76. The van der Waals surface area contributed by atoms with E-state index in [-0.39, 0.29) is 40.7 Å². The summed E-state index contributed by atoms with van der Waals surface area (Å²) in [4.78, 5) is 22.7. The molecule has 2 N–H and O–H groups in total. The third-order valence-electron chi connectivity index (χ3n) is 4.33. The Balaban J connectivity index is 1.96. The van der Waals surface area contributed by atoms with Gasteiger partial charge in [0.15, 0.2) is 9.84 Å². The van der Waals surface area contributed by atoms with Crippen molar-refractivity contribution in [3.05, 3.63) is 63.7 Å². The quantitative estimate of drug-likeness (QED) is 0.404. The Morgan fingerprint density at radius 3 is 2.21 bits per heavy atom. The number of nitrogens with zero attached hydrogens (tertiary/aromatic N) is 1. The minimum atomic E-state index is -3.54. The van der Waals surface area contributed by atoms with Crippen molar-refractivity contribution < 1.29 is 18.1 Å². The lowest BCUT2D eigenvalue weighted by atomic mass is 9.87. The lowest BCUT2D eigenvalue weighted by Gasteiger charge is -2.19. The molecule has 2 rings (SSSR count). The van der Waals surface area contributed by atoms with E-state index in [1.54, 1.807) is 12.1 Å². The van der Waals surface area contributed by atoms with E-state index in [2.05, 4.69) is 31.4 Å². The monoisotopic (exact) mass is 419 g/mol. The highest BCUT2D eigenvalue weighted by Gasteiger charge is 2.18. The van der Waals surface area contributed by atoms with Gasteiger partial charge in [0.25, 0.3) is 11.6 Å². The van der Waals surface area contributed by atoms with Crippen LogP contribution >= 0.6 is 0 Å². The highest BCUT2D eigenvalue weighted by atomic mass is 32.2. The van der Waals surface area contributed by atoms with Crippen LogP contribution in [0.5, 0.6) is 0 Å². The van der Waals surface area contributed by atoms with Crippen LogP contribution in [0.25, 0.3) is 0 Å². The number of carbonyl (C=O) groups excluding carboxylic acids is 1. The molecule has 2 aromatic carbocycles. The molecule has 0 atom stereocenters. The smallest absolute Gasteiger partial charge is 0.293 e. The molecular formula is C20H25N3O5S. The topological polar surface area (TPSA) is 118 Å². The number of nitro groups is 1. The predicted octanol–water partition coefficient (Wildman–Crippen LogP) is 3.14. The fourth-order valence-corrected chi connectivity index (χ4v) is 3.28. The van der Waals surface area contributed by atoms with E-state index in [9.17, 15) is 23.3 Å². The molecule has 0 saturated heterocycles. The Bertz CT molecular complexity index is 1010. The first kappa shape index (κ1) is 22.4. The Hall–Kier alpha value is -2.94. The van der Waals surface area contributed by atoms with Crippen LogP contribution in [-0.2, 0) is 15.3 Å². The average Bonchev–Trinajstić information content (AvgIpc) is 2.63. The van der Waals surface area contributed by atoms with Crippen LogP contribution in [0.4, 0.5) is 11.4 Å². The SMILES string of the molecule is CC(C)(C)c1ccc(C(=O)NCCNc2ccc(S(C)(=O)=O)cc2[N+](=O)[O-])cc1. The van der Waals surface area contributed by atoms with Crippen molar-refractivity contribution in [1.29, 1.82) is 0 Å². The van der Waals surface area contributed by atoms with Gasteiger partial charge in [-0.3, -0.25) is 14.9 Å². The van der Waals surface area contributed by atoms with Gasteiger partial charge in [-0.2, -0.15) is 0 Å². The van der Waals surface area contributed by atoms with Crippen LogP contribution in [0.3, 0.4) is 0 Å². The number of sulfone groups is 1. The highest BCUT2D eigenvalue weighted by Crippen LogP contribution is 2.27. The van der Waals surface area contributed by atoms with Gasteiger partial charge in [0.2, 0.25) is 0 Å². The highest BCUT2D eigenvalue weighted by molar-refractivity contribution is 7.90. The molecule has 0 unspecified atom stereocenters. The molecule has 0 aliphatic rings. The van der Waals surface area contributed by atoms with Crippen molar-refractivity contribution in [3.63, 3.8) is 0 Å². The molecule has 0 spiro atoms. The van der Waals surface area contributed by atoms with Crippen LogP contribution in [0.15, 0.2) is 47.4 Å². The molecule has 0 aromatic heterocycles. The third kappa shape index (κ3) is 6.02. The fourth-order valence-electron chi connectivity index (χ4n) is 2.64. The average molecular weight is 420 g/mol. The summed E-state index contributed by atoms with van der Waals surface area (Å²) in [6, 6.07) is 11.0. The predicted molar refractivity (Wildman–Crippen MR) is 112 cm³/mol. The van der Waals surface area contributed by atoms with Gasteiger partial charge in [-0.25, -0.2) is 8.42 Å². The number of hydrogen-bond donors (Lipinski definition) is 2. The molecule has 0 bridgehead atoms. The first-order chi connectivity index (χ1) is 13.4. The maximum Gasteiger partial charge on any atom is 0.293 e. The van der Waals surface area contributed by atoms with Gasteiger partial charge in [-0.15, -0.1) is 0 Å². The van der Waals surface area contributed by atoms with E-state index in [0.29, 0.717) is 5.56 Å². The van der Waals surface area contributed by atoms with Gasteiger partial charge in [0.1, 0.15) is 5.69 Å². The number of carbonyl (C=O) groups is 1. The summed E-state index contributed by atoms with van der Waals surface area (Å²) in [7, 11) is -3.54. The second kappa shape index (κ2) is 8.60. The van der Waals surface area contributed by atoms with Crippen LogP contribution in [-0.4, -0.2) is 38.6 Å². The van der Waals surface area contributed by atoms with Gasteiger partial charge < -0.3 is 10.6 Å². The van der Waals surface area contributed by atoms with E-state index in [1.807, 2.05) is 12.1 Å². The standard InChI is InChI=1S/C20H25N3O5S/c1-20(2,3)15-7-5-14(6-8-15)19(24)22-12-11-21-17-10-9-16(29(4,27)28)13-18(17)23(25)26/h5-10,13,21H,11-12H2,1-4H3,(H,22,24). The number of anilines is 1. The van der Waals surface area contributed by atoms with Gasteiger partial charge in [0, 0.05) is 31.0 Å². The third-order valence-corrected chi connectivity index (χ3v) is 5.44. The summed E-state index contributed by atoms with van der Waals surface area (Å²) < 4.78 is 23.1. The Kier molecular flexibility index (Phi) is 6.63. The molecule has 156 valence electrons. The van der Waals surface area contributed by atoms with Crippen LogP contribution in [0.2, 0.25) is 0 Å².